The van der Waals surface area contributed by atoms with E-state index in [1.54, 1.807) is 7.05 Å². The average molecular weight is 263 g/mol. The van der Waals surface area contributed by atoms with Gasteiger partial charge in [0.15, 0.2) is 5.82 Å². The Kier molecular flexibility index (Phi) is 4.26. The van der Waals surface area contributed by atoms with Crippen molar-refractivity contribution in [1.29, 1.82) is 0 Å². The van der Waals surface area contributed by atoms with Crippen LogP contribution in [-0.4, -0.2) is 36.5 Å². The second-order valence-electron chi connectivity index (χ2n) is 4.71. The van der Waals surface area contributed by atoms with Crippen molar-refractivity contribution >= 4 is 0 Å². The quantitative estimate of drug-likeness (QED) is 0.823. The van der Waals surface area contributed by atoms with Crippen molar-refractivity contribution in [3.63, 3.8) is 0 Å². The normalized spacial score (nSPS) is 12.8. The first-order valence-electron chi connectivity index (χ1n) is 6.56. The maximum absolute atomic E-state index is 4.31. The summed E-state index contributed by atoms with van der Waals surface area (Å²) in [6, 6.07) is 0.179. The largest absolute Gasteiger partial charge is 0.309 e. The first kappa shape index (κ1) is 13.7. The molecule has 7 nitrogen and oxygen atoms in total. The molecule has 7 heteroatoms. The fourth-order valence-electron chi connectivity index (χ4n) is 2.06. The summed E-state index contributed by atoms with van der Waals surface area (Å²) in [5.41, 5.74) is 2.36. The molecule has 0 aliphatic carbocycles. The van der Waals surface area contributed by atoms with Crippen LogP contribution < -0.4 is 5.32 Å². The third-order valence-corrected chi connectivity index (χ3v) is 3.23. The molecule has 0 amide bonds. The third kappa shape index (κ3) is 3.17. The van der Waals surface area contributed by atoms with E-state index >= 15 is 0 Å². The summed E-state index contributed by atoms with van der Waals surface area (Å²) in [5.74, 6) is 0.749. The lowest BCUT2D eigenvalue weighted by molar-refractivity contribution is 0.514. The Balaban J connectivity index is 2.18. The monoisotopic (exact) mass is 263 g/mol. The van der Waals surface area contributed by atoms with Crippen LogP contribution in [0.5, 0.6) is 0 Å². The van der Waals surface area contributed by atoms with Gasteiger partial charge in [-0.15, -0.1) is 10.2 Å². The molecule has 1 unspecified atom stereocenters. The minimum Gasteiger partial charge on any atom is -0.309 e. The van der Waals surface area contributed by atoms with Gasteiger partial charge in [0.2, 0.25) is 0 Å². The Morgan fingerprint density at radius 3 is 2.68 bits per heavy atom. The molecule has 0 bridgehead atoms. The van der Waals surface area contributed by atoms with Gasteiger partial charge in [-0.1, -0.05) is 6.92 Å². The highest BCUT2D eigenvalue weighted by atomic mass is 15.6. The smallest absolute Gasteiger partial charge is 0.176 e. The van der Waals surface area contributed by atoms with Gasteiger partial charge in [-0.05, 0) is 25.1 Å². The standard InChI is InChI=1S/C12H21N7/c1-5-6-13-11(7-12-15-17-19(4)16-12)10-8-14-18(3)9(10)2/h8,11,13H,5-7H2,1-4H3. The molecule has 2 aromatic heterocycles. The second-order valence-corrected chi connectivity index (χ2v) is 4.71. The highest BCUT2D eigenvalue weighted by Gasteiger charge is 2.18. The van der Waals surface area contributed by atoms with Gasteiger partial charge in [0.25, 0.3) is 0 Å². The van der Waals surface area contributed by atoms with Crippen molar-refractivity contribution in [2.45, 2.75) is 32.7 Å². The fraction of sp³-hybridized carbons (Fsp3) is 0.667. The molecule has 2 heterocycles. The van der Waals surface area contributed by atoms with Crippen LogP contribution in [0.2, 0.25) is 0 Å². The Bertz CT molecular complexity index is 528. The van der Waals surface area contributed by atoms with Gasteiger partial charge in [-0.3, -0.25) is 4.68 Å². The van der Waals surface area contributed by atoms with E-state index in [-0.39, 0.29) is 6.04 Å². The Morgan fingerprint density at radius 1 is 1.37 bits per heavy atom. The molecule has 104 valence electrons. The lowest BCUT2D eigenvalue weighted by Crippen LogP contribution is -2.25. The Morgan fingerprint density at radius 2 is 2.16 bits per heavy atom. The van der Waals surface area contributed by atoms with Crippen molar-refractivity contribution in [2.24, 2.45) is 14.1 Å². The summed E-state index contributed by atoms with van der Waals surface area (Å²) in [4.78, 5) is 1.49. The molecule has 2 rings (SSSR count). The van der Waals surface area contributed by atoms with Gasteiger partial charge >= 0.3 is 0 Å². The number of tetrazole rings is 1. The van der Waals surface area contributed by atoms with Gasteiger partial charge in [0.1, 0.15) is 0 Å². The van der Waals surface area contributed by atoms with E-state index in [1.165, 1.54) is 10.4 Å². The predicted molar refractivity (Wildman–Crippen MR) is 71.5 cm³/mol. The SMILES string of the molecule is CCCNC(Cc1nnn(C)n1)c1cnn(C)c1C. The van der Waals surface area contributed by atoms with Crippen LogP contribution in [0.15, 0.2) is 6.20 Å². The van der Waals surface area contributed by atoms with E-state index in [9.17, 15) is 0 Å². The summed E-state index contributed by atoms with van der Waals surface area (Å²) in [6.07, 6.45) is 3.73. The molecule has 1 N–H and O–H groups in total. The second kappa shape index (κ2) is 5.92. The molecule has 2 aromatic rings. The molecule has 0 radical (unpaired) electrons. The van der Waals surface area contributed by atoms with Crippen molar-refractivity contribution in [3.05, 3.63) is 23.3 Å². The summed E-state index contributed by atoms with van der Waals surface area (Å²) in [5, 5.41) is 20.0. The van der Waals surface area contributed by atoms with E-state index in [0.29, 0.717) is 0 Å². The summed E-state index contributed by atoms with van der Waals surface area (Å²) >= 11 is 0. The number of aromatic nitrogens is 6. The fourth-order valence-corrected chi connectivity index (χ4v) is 2.06. The number of hydrogen-bond acceptors (Lipinski definition) is 5. The van der Waals surface area contributed by atoms with E-state index in [1.807, 2.05) is 17.9 Å². The summed E-state index contributed by atoms with van der Waals surface area (Å²) < 4.78 is 1.89. The predicted octanol–water partition coefficient (Wildman–Crippen LogP) is 0.535. The third-order valence-electron chi connectivity index (χ3n) is 3.23. The zero-order valence-electron chi connectivity index (χ0n) is 12.0. The molecule has 0 aromatic carbocycles. The van der Waals surface area contributed by atoms with Crippen molar-refractivity contribution in [3.8, 4) is 0 Å². The number of hydrogen-bond donors (Lipinski definition) is 1. The highest BCUT2D eigenvalue weighted by Crippen LogP contribution is 2.19. The number of nitrogens with one attached hydrogen (secondary N) is 1. The van der Waals surface area contributed by atoms with Crippen molar-refractivity contribution in [1.82, 2.24) is 35.3 Å². The number of nitrogens with zero attached hydrogens (tertiary/aromatic N) is 6. The molecular weight excluding hydrogens is 242 g/mol. The van der Waals surface area contributed by atoms with Crippen LogP contribution in [0.1, 0.15) is 36.5 Å². The first-order chi connectivity index (χ1) is 9.11. The van der Waals surface area contributed by atoms with Crippen molar-refractivity contribution < 1.29 is 0 Å². The van der Waals surface area contributed by atoms with Crippen LogP contribution in [0, 0.1) is 6.92 Å². The van der Waals surface area contributed by atoms with E-state index in [2.05, 4.69) is 39.7 Å². The Hall–Kier alpha value is -1.76. The molecule has 0 saturated heterocycles. The van der Waals surface area contributed by atoms with Gasteiger partial charge < -0.3 is 5.32 Å². The molecule has 0 aliphatic rings. The molecular formula is C12H21N7. The first-order valence-corrected chi connectivity index (χ1v) is 6.56. The maximum atomic E-state index is 4.31. The average Bonchev–Trinajstić information content (AvgIpc) is 2.93. The molecule has 0 saturated carbocycles. The van der Waals surface area contributed by atoms with Crippen LogP contribution in [-0.2, 0) is 20.5 Å². The van der Waals surface area contributed by atoms with Crippen LogP contribution in [0.4, 0.5) is 0 Å². The van der Waals surface area contributed by atoms with Crippen LogP contribution >= 0.6 is 0 Å². The highest BCUT2D eigenvalue weighted by molar-refractivity contribution is 5.21. The minimum absolute atomic E-state index is 0.179. The molecule has 0 fully saturated rings. The minimum atomic E-state index is 0.179. The number of aryl methyl sites for hydroxylation is 2. The number of rotatable bonds is 6. The van der Waals surface area contributed by atoms with Gasteiger partial charge in [0.05, 0.1) is 13.2 Å². The van der Waals surface area contributed by atoms with Crippen LogP contribution in [0.25, 0.3) is 0 Å². The van der Waals surface area contributed by atoms with Gasteiger partial charge in [0, 0.05) is 30.8 Å². The zero-order chi connectivity index (χ0) is 13.8. The summed E-state index contributed by atoms with van der Waals surface area (Å²) in [7, 11) is 3.73. The lowest BCUT2D eigenvalue weighted by Gasteiger charge is -2.16. The topological polar surface area (TPSA) is 73.5 Å². The maximum Gasteiger partial charge on any atom is 0.176 e. The zero-order valence-corrected chi connectivity index (χ0v) is 12.0. The molecule has 19 heavy (non-hydrogen) atoms. The van der Waals surface area contributed by atoms with E-state index < -0.39 is 0 Å². The van der Waals surface area contributed by atoms with Crippen LogP contribution in [0.3, 0.4) is 0 Å². The van der Waals surface area contributed by atoms with Gasteiger partial charge in [-0.25, -0.2) is 0 Å². The molecule has 0 aliphatic heterocycles. The van der Waals surface area contributed by atoms with Crippen molar-refractivity contribution in [2.75, 3.05) is 6.54 Å². The lowest BCUT2D eigenvalue weighted by atomic mass is 10.0. The Labute approximate surface area is 113 Å². The molecule has 0 spiro atoms. The van der Waals surface area contributed by atoms with E-state index in [0.717, 1.165) is 30.9 Å². The summed E-state index contributed by atoms with van der Waals surface area (Å²) in [6.45, 7) is 5.19. The molecule has 1 atom stereocenters. The van der Waals surface area contributed by atoms with Gasteiger partial charge in [-0.2, -0.15) is 9.90 Å². The van der Waals surface area contributed by atoms with E-state index in [4.69, 9.17) is 0 Å².